The zero-order chi connectivity index (χ0) is 18.8. The van der Waals surface area contributed by atoms with Gasteiger partial charge in [-0.2, -0.15) is 0 Å². The molecule has 0 saturated carbocycles. The molecule has 0 radical (unpaired) electrons. The highest BCUT2D eigenvalue weighted by Gasteiger charge is 2.19. The van der Waals surface area contributed by atoms with Gasteiger partial charge >= 0.3 is 0 Å². The van der Waals surface area contributed by atoms with E-state index in [9.17, 15) is 4.79 Å². The number of carbonyl (C=O) groups is 1. The van der Waals surface area contributed by atoms with Crippen LogP contribution < -0.4 is 14.2 Å². The first-order chi connectivity index (χ1) is 12.7. The zero-order valence-electron chi connectivity index (χ0n) is 14.7. The minimum atomic E-state index is -0.262. The fraction of sp³-hybridized carbons (Fsp3) is 0.143. The number of pyridine rings is 1. The average molecular weight is 351 g/mol. The fourth-order valence-electron chi connectivity index (χ4n) is 2.19. The Bertz CT molecular complexity index is 797. The van der Waals surface area contributed by atoms with Crippen LogP contribution >= 0.6 is 0 Å². The molecule has 0 aliphatic carbocycles. The number of allylic oxidation sites excluding steroid dienone is 1. The first kappa shape index (κ1) is 19.0. The van der Waals surface area contributed by atoms with Crippen LogP contribution in [-0.4, -0.2) is 31.1 Å². The van der Waals surface area contributed by atoms with E-state index in [1.807, 2.05) is 18.2 Å². The topological polar surface area (TPSA) is 57.7 Å². The minimum absolute atomic E-state index is 0.248. The molecule has 0 atom stereocenters. The zero-order valence-corrected chi connectivity index (χ0v) is 14.7. The lowest BCUT2D eigenvalue weighted by molar-refractivity contribution is 0.104. The molecule has 0 aliphatic rings. The Morgan fingerprint density at radius 1 is 1.12 bits per heavy atom. The number of carbonyl (C=O) groups excluding carboxylic acids is 1. The third-order valence-electron chi connectivity index (χ3n) is 3.32. The minimum Gasteiger partial charge on any atom is -0.496 e. The van der Waals surface area contributed by atoms with Crippen LogP contribution in [0.5, 0.6) is 17.2 Å². The van der Waals surface area contributed by atoms with Crippen molar-refractivity contribution in [1.82, 2.24) is 4.98 Å². The highest BCUT2D eigenvalue weighted by molar-refractivity contribution is 6.10. The van der Waals surface area contributed by atoms with Crippen molar-refractivity contribution in [1.29, 1.82) is 0 Å². The SMILES string of the molecule is C=CCOc1cc(OC)c(C(=O)/C=C/c2ccccn2)c(OCC=C)c1. The second-order valence-electron chi connectivity index (χ2n) is 5.15. The predicted octanol–water partition coefficient (Wildman–Crippen LogP) is 4.12. The summed E-state index contributed by atoms with van der Waals surface area (Å²) < 4.78 is 16.6. The summed E-state index contributed by atoms with van der Waals surface area (Å²) in [6.45, 7) is 7.83. The summed E-state index contributed by atoms with van der Waals surface area (Å²) in [6, 6.07) is 8.76. The van der Waals surface area contributed by atoms with Crippen LogP contribution in [0, 0.1) is 0 Å². The Hall–Kier alpha value is -3.34. The maximum atomic E-state index is 12.7. The summed E-state index contributed by atoms with van der Waals surface area (Å²) in [5.41, 5.74) is 0.992. The number of ketones is 1. The number of hydrogen-bond acceptors (Lipinski definition) is 5. The van der Waals surface area contributed by atoms with E-state index in [4.69, 9.17) is 14.2 Å². The van der Waals surface area contributed by atoms with Crippen LogP contribution in [0.3, 0.4) is 0 Å². The molecule has 2 aromatic rings. The molecule has 0 spiro atoms. The molecule has 0 unspecified atom stereocenters. The fourth-order valence-corrected chi connectivity index (χ4v) is 2.19. The number of rotatable bonds is 10. The quantitative estimate of drug-likeness (QED) is 0.366. The van der Waals surface area contributed by atoms with E-state index in [0.29, 0.717) is 35.1 Å². The van der Waals surface area contributed by atoms with E-state index >= 15 is 0 Å². The monoisotopic (exact) mass is 351 g/mol. The molecule has 0 bridgehead atoms. The number of nitrogens with zero attached hydrogens (tertiary/aromatic N) is 1. The van der Waals surface area contributed by atoms with Gasteiger partial charge in [-0.1, -0.05) is 31.4 Å². The van der Waals surface area contributed by atoms with Gasteiger partial charge in [-0.05, 0) is 24.3 Å². The van der Waals surface area contributed by atoms with Gasteiger partial charge in [0.05, 0.1) is 12.8 Å². The molecule has 0 saturated heterocycles. The van der Waals surface area contributed by atoms with Crippen molar-refractivity contribution in [2.45, 2.75) is 0 Å². The van der Waals surface area contributed by atoms with Gasteiger partial charge in [0, 0.05) is 18.3 Å². The van der Waals surface area contributed by atoms with E-state index in [0.717, 1.165) is 0 Å². The lowest BCUT2D eigenvalue weighted by Crippen LogP contribution is -2.06. The van der Waals surface area contributed by atoms with Crippen molar-refractivity contribution in [2.75, 3.05) is 20.3 Å². The molecule has 0 aliphatic heterocycles. The molecule has 26 heavy (non-hydrogen) atoms. The Labute approximate surface area is 153 Å². The molecular formula is C21H21NO4. The van der Waals surface area contributed by atoms with E-state index in [1.54, 1.807) is 36.6 Å². The highest BCUT2D eigenvalue weighted by Crippen LogP contribution is 2.35. The summed E-state index contributed by atoms with van der Waals surface area (Å²) in [5, 5.41) is 0. The maximum absolute atomic E-state index is 12.7. The molecule has 5 nitrogen and oxygen atoms in total. The van der Waals surface area contributed by atoms with Gasteiger partial charge in [0.15, 0.2) is 5.78 Å². The lowest BCUT2D eigenvalue weighted by Gasteiger charge is -2.15. The molecular weight excluding hydrogens is 330 g/mol. The normalized spacial score (nSPS) is 10.3. The summed E-state index contributed by atoms with van der Waals surface area (Å²) in [6.07, 6.45) is 7.97. The second-order valence-corrected chi connectivity index (χ2v) is 5.15. The van der Waals surface area contributed by atoms with Crippen LogP contribution in [0.15, 0.2) is 67.9 Å². The van der Waals surface area contributed by atoms with Crippen LogP contribution in [0.25, 0.3) is 6.08 Å². The first-order valence-corrected chi connectivity index (χ1v) is 8.02. The van der Waals surface area contributed by atoms with Crippen molar-refractivity contribution in [2.24, 2.45) is 0 Å². The largest absolute Gasteiger partial charge is 0.496 e. The van der Waals surface area contributed by atoms with Crippen LogP contribution in [-0.2, 0) is 0 Å². The lowest BCUT2D eigenvalue weighted by atomic mass is 10.1. The van der Waals surface area contributed by atoms with E-state index in [-0.39, 0.29) is 12.4 Å². The Morgan fingerprint density at radius 2 is 1.85 bits per heavy atom. The van der Waals surface area contributed by atoms with E-state index in [1.165, 1.54) is 13.2 Å². The Morgan fingerprint density at radius 3 is 2.50 bits per heavy atom. The summed E-state index contributed by atoms with van der Waals surface area (Å²) in [4.78, 5) is 16.9. The number of methoxy groups -OCH3 is 1. The average Bonchev–Trinajstić information content (AvgIpc) is 2.69. The third kappa shape index (κ3) is 5.08. The van der Waals surface area contributed by atoms with Crippen molar-refractivity contribution < 1.29 is 19.0 Å². The Balaban J connectivity index is 2.39. The molecule has 5 heteroatoms. The van der Waals surface area contributed by atoms with Crippen molar-refractivity contribution in [3.63, 3.8) is 0 Å². The van der Waals surface area contributed by atoms with Gasteiger partial charge in [-0.3, -0.25) is 9.78 Å². The van der Waals surface area contributed by atoms with Crippen molar-refractivity contribution in [3.8, 4) is 17.2 Å². The van der Waals surface area contributed by atoms with Gasteiger partial charge in [-0.15, -0.1) is 0 Å². The first-order valence-electron chi connectivity index (χ1n) is 8.02. The van der Waals surface area contributed by atoms with E-state index in [2.05, 4.69) is 18.1 Å². The molecule has 0 amide bonds. The van der Waals surface area contributed by atoms with Gasteiger partial charge in [0.2, 0.25) is 0 Å². The standard InChI is InChI=1S/C21H21NO4/c1-4-12-25-17-14-19(24-3)21(20(15-17)26-13-5-2)18(23)10-9-16-8-6-7-11-22-16/h4-11,14-15H,1-2,12-13H2,3H3/b10-9+. The second kappa shape index (κ2) is 9.84. The molecule has 1 aromatic heterocycles. The van der Waals surface area contributed by atoms with Gasteiger partial charge < -0.3 is 14.2 Å². The van der Waals surface area contributed by atoms with Gasteiger partial charge in [0.1, 0.15) is 36.0 Å². The number of benzene rings is 1. The molecule has 134 valence electrons. The third-order valence-corrected chi connectivity index (χ3v) is 3.32. The van der Waals surface area contributed by atoms with Crippen molar-refractivity contribution in [3.05, 3.63) is 79.2 Å². The van der Waals surface area contributed by atoms with Crippen LogP contribution in [0.4, 0.5) is 0 Å². The van der Waals surface area contributed by atoms with E-state index < -0.39 is 0 Å². The van der Waals surface area contributed by atoms with Crippen molar-refractivity contribution >= 4 is 11.9 Å². The molecule has 0 fully saturated rings. The van der Waals surface area contributed by atoms with Crippen LogP contribution in [0.2, 0.25) is 0 Å². The highest BCUT2D eigenvalue weighted by atomic mass is 16.5. The smallest absolute Gasteiger partial charge is 0.193 e. The predicted molar refractivity (Wildman–Crippen MR) is 102 cm³/mol. The summed E-state index contributed by atoms with van der Waals surface area (Å²) in [7, 11) is 1.49. The Kier molecular flexibility index (Phi) is 7.18. The molecule has 1 heterocycles. The summed E-state index contributed by atoms with van der Waals surface area (Å²) >= 11 is 0. The molecule has 1 aromatic carbocycles. The maximum Gasteiger partial charge on any atom is 0.193 e. The van der Waals surface area contributed by atoms with Crippen LogP contribution in [0.1, 0.15) is 16.1 Å². The number of aromatic nitrogens is 1. The summed E-state index contributed by atoms with van der Waals surface area (Å²) in [5.74, 6) is 0.980. The molecule has 0 N–H and O–H groups in total. The number of hydrogen-bond donors (Lipinski definition) is 0. The van der Waals surface area contributed by atoms with Gasteiger partial charge in [0.25, 0.3) is 0 Å². The van der Waals surface area contributed by atoms with Gasteiger partial charge in [-0.25, -0.2) is 0 Å². The number of ether oxygens (including phenoxy) is 3. The molecule has 2 rings (SSSR count).